The van der Waals surface area contributed by atoms with Crippen LogP contribution in [0.4, 0.5) is 0 Å². The van der Waals surface area contributed by atoms with Crippen LogP contribution in [0, 0.1) is 0 Å². The van der Waals surface area contributed by atoms with Crippen molar-refractivity contribution in [1.29, 1.82) is 0 Å². The smallest absolute Gasteiger partial charge is 0.00602 e. The molecule has 0 heterocycles. The monoisotopic (exact) mass is 180 g/mol. The molecule has 68 valence electrons. The maximum atomic E-state index is 2.30. The van der Waals surface area contributed by atoms with E-state index in [1.54, 1.807) is 0 Å². The largest absolute Gasteiger partial charge is 0.0683 e. The molecule has 3 rings (SSSR count). The molecule has 0 aliphatic heterocycles. The van der Waals surface area contributed by atoms with Crippen molar-refractivity contribution in [1.82, 2.24) is 0 Å². The quantitative estimate of drug-likeness (QED) is 0.578. The van der Waals surface area contributed by atoms with Gasteiger partial charge in [-0.3, -0.25) is 0 Å². The summed E-state index contributed by atoms with van der Waals surface area (Å²) in [5, 5.41) is 2.81. The molecule has 0 saturated heterocycles. The topological polar surface area (TPSA) is 0 Å². The molecule has 1 aliphatic carbocycles. The van der Waals surface area contributed by atoms with E-state index in [4.69, 9.17) is 0 Å². The second kappa shape index (κ2) is 2.71. The Bertz CT molecular complexity index is 527. The predicted octanol–water partition coefficient (Wildman–Crippen LogP) is 3.80. The van der Waals surface area contributed by atoms with Gasteiger partial charge in [-0.05, 0) is 35.2 Å². The molecule has 0 atom stereocenters. The van der Waals surface area contributed by atoms with Gasteiger partial charge >= 0.3 is 0 Å². The third-order valence-electron chi connectivity index (χ3n) is 2.89. The summed E-state index contributed by atoms with van der Waals surface area (Å²) < 4.78 is 0. The van der Waals surface area contributed by atoms with Gasteiger partial charge in [0.25, 0.3) is 0 Å². The molecule has 1 aliphatic rings. The van der Waals surface area contributed by atoms with Gasteiger partial charge in [0, 0.05) is 0 Å². The van der Waals surface area contributed by atoms with Gasteiger partial charge in [-0.15, -0.1) is 0 Å². The van der Waals surface area contributed by atoms with Crippen molar-refractivity contribution in [2.24, 2.45) is 0 Å². The minimum absolute atomic E-state index is 1.11. The van der Waals surface area contributed by atoms with Crippen molar-refractivity contribution < 1.29 is 0 Å². The average Bonchev–Trinajstić information content (AvgIpc) is 2.18. The molecule has 0 amide bonds. The van der Waals surface area contributed by atoms with Crippen molar-refractivity contribution in [3.63, 3.8) is 0 Å². The standard InChI is InChI=1S/C14H12/c1-10-8-12-6-2-4-11-5-3-7-13(9-10)14(11)12/h2-8H,9H2,1H3. The molecule has 0 nitrogen and oxygen atoms in total. The van der Waals surface area contributed by atoms with Gasteiger partial charge in [-0.1, -0.05) is 48.0 Å². The molecule has 0 radical (unpaired) electrons. The van der Waals surface area contributed by atoms with Gasteiger partial charge < -0.3 is 0 Å². The van der Waals surface area contributed by atoms with E-state index in [2.05, 4.69) is 49.4 Å². The van der Waals surface area contributed by atoms with E-state index in [9.17, 15) is 0 Å². The average molecular weight is 180 g/mol. The summed E-state index contributed by atoms with van der Waals surface area (Å²) in [5.74, 6) is 0. The number of allylic oxidation sites excluding steroid dienone is 1. The highest BCUT2D eigenvalue weighted by molar-refractivity contribution is 5.95. The molecular formula is C14H12. The first kappa shape index (κ1) is 7.81. The maximum Gasteiger partial charge on any atom is -0.00602 e. The maximum absolute atomic E-state index is 2.30. The van der Waals surface area contributed by atoms with Gasteiger partial charge in [-0.25, -0.2) is 0 Å². The minimum atomic E-state index is 1.11. The van der Waals surface area contributed by atoms with Crippen LogP contribution in [-0.4, -0.2) is 0 Å². The third kappa shape index (κ3) is 1.00. The molecule has 0 unspecified atom stereocenters. The van der Waals surface area contributed by atoms with Crippen LogP contribution in [0.15, 0.2) is 42.0 Å². The summed E-state index contributed by atoms with van der Waals surface area (Å²) in [6.45, 7) is 2.20. The third-order valence-corrected chi connectivity index (χ3v) is 2.89. The fourth-order valence-corrected chi connectivity index (χ4v) is 2.33. The van der Waals surface area contributed by atoms with E-state index in [1.807, 2.05) is 0 Å². The Hall–Kier alpha value is -1.56. The van der Waals surface area contributed by atoms with Crippen molar-refractivity contribution in [2.75, 3.05) is 0 Å². The van der Waals surface area contributed by atoms with Crippen LogP contribution in [0.1, 0.15) is 18.1 Å². The van der Waals surface area contributed by atoms with Crippen LogP contribution in [0.3, 0.4) is 0 Å². The molecule has 0 saturated carbocycles. The van der Waals surface area contributed by atoms with Crippen LogP contribution in [0.2, 0.25) is 0 Å². The highest BCUT2D eigenvalue weighted by atomic mass is 14.1. The van der Waals surface area contributed by atoms with E-state index >= 15 is 0 Å². The van der Waals surface area contributed by atoms with Gasteiger partial charge in [-0.2, -0.15) is 0 Å². The number of benzene rings is 2. The molecule has 0 bridgehead atoms. The minimum Gasteiger partial charge on any atom is -0.0683 e. The summed E-state index contributed by atoms with van der Waals surface area (Å²) >= 11 is 0. The summed E-state index contributed by atoms with van der Waals surface area (Å²) in [6, 6.07) is 13.1. The highest BCUT2D eigenvalue weighted by Gasteiger charge is 2.09. The Morgan fingerprint density at radius 3 is 2.64 bits per heavy atom. The zero-order chi connectivity index (χ0) is 9.54. The lowest BCUT2D eigenvalue weighted by Gasteiger charge is -2.15. The molecule has 2 aromatic carbocycles. The van der Waals surface area contributed by atoms with E-state index in [0.717, 1.165) is 6.42 Å². The lowest BCUT2D eigenvalue weighted by atomic mass is 9.90. The van der Waals surface area contributed by atoms with Crippen LogP contribution < -0.4 is 0 Å². The zero-order valence-electron chi connectivity index (χ0n) is 8.25. The van der Waals surface area contributed by atoms with Crippen LogP contribution in [0.25, 0.3) is 16.8 Å². The fourth-order valence-electron chi connectivity index (χ4n) is 2.33. The number of rotatable bonds is 0. The molecular weight excluding hydrogens is 168 g/mol. The summed E-state index contributed by atoms with van der Waals surface area (Å²) in [5.41, 5.74) is 4.30. The van der Waals surface area contributed by atoms with Crippen molar-refractivity contribution in [3.8, 4) is 0 Å². The summed E-state index contributed by atoms with van der Waals surface area (Å²) in [7, 11) is 0. The second-order valence-corrected chi connectivity index (χ2v) is 4.03. The molecule has 0 spiro atoms. The van der Waals surface area contributed by atoms with Gasteiger partial charge in [0.05, 0.1) is 0 Å². The summed E-state index contributed by atoms with van der Waals surface area (Å²) in [6.07, 6.45) is 3.41. The second-order valence-electron chi connectivity index (χ2n) is 4.03. The van der Waals surface area contributed by atoms with Crippen LogP contribution >= 0.6 is 0 Å². The van der Waals surface area contributed by atoms with Crippen molar-refractivity contribution in [2.45, 2.75) is 13.3 Å². The molecule has 2 aromatic rings. The molecule has 0 N–H and O–H groups in total. The first-order valence-electron chi connectivity index (χ1n) is 5.02. The van der Waals surface area contributed by atoms with Gasteiger partial charge in [0.1, 0.15) is 0 Å². The highest BCUT2D eigenvalue weighted by Crippen LogP contribution is 2.30. The zero-order valence-corrected chi connectivity index (χ0v) is 8.25. The Balaban J connectivity index is 2.50. The SMILES string of the molecule is CC1=Cc2cccc3cccc(c23)C1. The molecule has 0 heteroatoms. The van der Waals surface area contributed by atoms with E-state index in [0.29, 0.717) is 0 Å². The van der Waals surface area contributed by atoms with Crippen molar-refractivity contribution in [3.05, 3.63) is 53.1 Å². The fraction of sp³-hybridized carbons (Fsp3) is 0.143. The van der Waals surface area contributed by atoms with Gasteiger partial charge in [0.15, 0.2) is 0 Å². The molecule has 0 fully saturated rings. The normalized spacial score (nSPS) is 14.2. The van der Waals surface area contributed by atoms with E-state index in [1.165, 1.54) is 27.5 Å². The molecule has 14 heavy (non-hydrogen) atoms. The number of hydrogen-bond donors (Lipinski definition) is 0. The van der Waals surface area contributed by atoms with Crippen LogP contribution in [-0.2, 0) is 6.42 Å². The summed E-state index contributed by atoms with van der Waals surface area (Å²) in [4.78, 5) is 0. The Kier molecular flexibility index (Phi) is 1.51. The number of hydrogen-bond acceptors (Lipinski definition) is 0. The Morgan fingerprint density at radius 2 is 1.79 bits per heavy atom. The first-order valence-corrected chi connectivity index (χ1v) is 5.02. The Labute approximate surface area is 83.9 Å². The van der Waals surface area contributed by atoms with E-state index in [-0.39, 0.29) is 0 Å². The molecule has 0 aromatic heterocycles. The lowest BCUT2D eigenvalue weighted by Crippen LogP contribution is -1.96. The van der Waals surface area contributed by atoms with Gasteiger partial charge in [0.2, 0.25) is 0 Å². The predicted molar refractivity (Wildman–Crippen MR) is 61.3 cm³/mol. The Morgan fingerprint density at radius 1 is 1.00 bits per heavy atom. The van der Waals surface area contributed by atoms with Crippen molar-refractivity contribution >= 4 is 16.8 Å². The van der Waals surface area contributed by atoms with Crippen LogP contribution in [0.5, 0.6) is 0 Å². The lowest BCUT2D eigenvalue weighted by molar-refractivity contribution is 1.16. The van der Waals surface area contributed by atoms with E-state index < -0.39 is 0 Å². The first-order chi connectivity index (χ1) is 6.84.